The number of fused-ring (bicyclic) bond motifs is 1. The highest BCUT2D eigenvalue weighted by molar-refractivity contribution is 6.42. The summed E-state index contributed by atoms with van der Waals surface area (Å²) in [6.07, 6.45) is 0. The van der Waals surface area contributed by atoms with E-state index in [-0.39, 0.29) is 7.25 Å². The van der Waals surface area contributed by atoms with Crippen molar-refractivity contribution in [2.45, 2.75) is 0 Å². The Morgan fingerprint density at radius 2 is 1.75 bits per heavy atom. The fourth-order valence-electron chi connectivity index (χ4n) is 1.12. The van der Waals surface area contributed by atoms with Gasteiger partial charge in [0.1, 0.15) is 0 Å². The van der Waals surface area contributed by atoms with E-state index >= 15 is 0 Å². The molecule has 0 N–H and O–H groups in total. The Morgan fingerprint density at radius 3 is 2.25 bits per heavy atom. The van der Waals surface area contributed by atoms with E-state index in [9.17, 15) is 0 Å². The Morgan fingerprint density at radius 1 is 1.12 bits per heavy atom. The van der Waals surface area contributed by atoms with Gasteiger partial charge in [0.2, 0.25) is 0 Å². The molecule has 0 aromatic carbocycles. The van der Waals surface area contributed by atoms with Crippen LogP contribution in [-0.2, 0) is 9.31 Å². The van der Waals surface area contributed by atoms with Crippen molar-refractivity contribution in [3.05, 3.63) is 0 Å². The van der Waals surface area contributed by atoms with Crippen LogP contribution in [0, 0.1) is 0 Å². The second kappa shape index (κ2) is 1.72. The maximum absolute atomic E-state index is 5.18. The van der Waals surface area contributed by atoms with Crippen molar-refractivity contribution in [3.63, 3.8) is 0 Å². The first-order chi connectivity index (χ1) is 3.97. The molecule has 0 spiro atoms. The first kappa shape index (κ1) is 4.79. The minimum atomic E-state index is 0.00926. The molecule has 0 aromatic rings. The molecular weight excluding hydrogens is 105 g/mol. The van der Waals surface area contributed by atoms with Gasteiger partial charge in [0, 0.05) is 26.3 Å². The van der Waals surface area contributed by atoms with E-state index in [0.29, 0.717) is 0 Å². The normalized spacial score (nSPS) is 29.2. The maximum Gasteiger partial charge on any atom is 0.557 e. The second-order valence-corrected chi connectivity index (χ2v) is 2.08. The molecule has 0 amide bonds. The zero-order valence-corrected chi connectivity index (χ0v) is 4.67. The second-order valence-electron chi connectivity index (χ2n) is 2.08. The largest absolute Gasteiger partial charge is 0.557 e. The van der Waals surface area contributed by atoms with Gasteiger partial charge in [0.15, 0.2) is 0 Å². The zero-order chi connectivity index (χ0) is 5.40. The molecule has 0 unspecified atom stereocenters. The number of nitrogens with zero attached hydrogens (tertiary/aromatic N) is 1. The lowest BCUT2D eigenvalue weighted by atomic mass is 10.1. The summed E-state index contributed by atoms with van der Waals surface area (Å²) in [7, 11) is 0.00926. The number of rotatable bonds is 0. The molecule has 2 rings (SSSR count). The molecule has 0 bridgehead atoms. The molecule has 0 saturated carbocycles. The van der Waals surface area contributed by atoms with Crippen LogP contribution in [0.2, 0.25) is 0 Å². The van der Waals surface area contributed by atoms with Gasteiger partial charge in [-0.05, 0) is 0 Å². The van der Waals surface area contributed by atoms with Crippen LogP contribution in [0.1, 0.15) is 0 Å². The summed E-state index contributed by atoms with van der Waals surface area (Å²) in [6.45, 7) is 3.77. The standard InChI is InChI=1S/C4H8BNO2/c1-3-7-5-6(1)2-4-8-5/h1-4H2. The van der Waals surface area contributed by atoms with Gasteiger partial charge in [0.05, 0.1) is 0 Å². The Hall–Kier alpha value is -0.0551. The van der Waals surface area contributed by atoms with E-state index in [1.807, 2.05) is 0 Å². The molecule has 4 heteroatoms. The van der Waals surface area contributed by atoms with Crippen LogP contribution >= 0.6 is 0 Å². The summed E-state index contributed by atoms with van der Waals surface area (Å²) in [5, 5.41) is 0. The molecule has 2 aliphatic heterocycles. The third-order valence-corrected chi connectivity index (χ3v) is 1.58. The Bertz CT molecular complexity index is 80.0. The minimum Gasteiger partial charge on any atom is -0.396 e. The molecule has 0 aromatic heterocycles. The Kier molecular flexibility index (Phi) is 1.03. The summed E-state index contributed by atoms with van der Waals surface area (Å²) >= 11 is 0. The monoisotopic (exact) mass is 113 g/mol. The van der Waals surface area contributed by atoms with Crippen molar-refractivity contribution >= 4 is 7.25 Å². The van der Waals surface area contributed by atoms with E-state index in [1.54, 1.807) is 0 Å². The SMILES string of the molecule is C1CN2CCOB2O1. The van der Waals surface area contributed by atoms with Crippen LogP contribution in [0.5, 0.6) is 0 Å². The van der Waals surface area contributed by atoms with Gasteiger partial charge in [-0.3, -0.25) is 4.81 Å². The predicted octanol–water partition coefficient (Wildman–Crippen LogP) is -0.666. The lowest BCUT2D eigenvalue weighted by molar-refractivity contribution is 0.248. The fraction of sp³-hybridized carbons (Fsp3) is 1.00. The third kappa shape index (κ3) is 0.572. The van der Waals surface area contributed by atoms with Crippen molar-refractivity contribution in [1.82, 2.24) is 4.81 Å². The van der Waals surface area contributed by atoms with Crippen molar-refractivity contribution in [2.24, 2.45) is 0 Å². The van der Waals surface area contributed by atoms with E-state index in [1.165, 1.54) is 0 Å². The van der Waals surface area contributed by atoms with Crippen LogP contribution in [-0.4, -0.2) is 38.4 Å². The highest BCUT2D eigenvalue weighted by Crippen LogP contribution is 2.11. The van der Waals surface area contributed by atoms with Gasteiger partial charge in [0.25, 0.3) is 0 Å². The van der Waals surface area contributed by atoms with Gasteiger partial charge in [-0.25, -0.2) is 0 Å². The minimum absolute atomic E-state index is 0.00926. The highest BCUT2D eigenvalue weighted by atomic mass is 16.6. The highest BCUT2D eigenvalue weighted by Gasteiger charge is 2.37. The third-order valence-electron chi connectivity index (χ3n) is 1.58. The molecule has 44 valence electrons. The van der Waals surface area contributed by atoms with E-state index in [4.69, 9.17) is 9.31 Å². The lowest BCUT2D eigenvalue weighted by Gasteiger charge is -2.02. The van der Waals surface area contributed by atoms with Crippen LogP contribution in [0.25, 0.3) is 0 Å². The summed E-state index contributed by atoms with van der Waals surface area (Å²) in [5.74, 6) is 0. The molecule has 3 nitrogen and oxygen atoms in total. The zero-order valence-electron chi connectivity index (χ0n) is 4.67. The molecule has 8 heavy (non-hydrogen) atoms. The molecule has 2 saturated heterocycles. The molecular formula is C4H8BNO2. The summed E-state index contributed by atoms with van der Waals surface area (Å²) in [5.41, 5.74) is 0. The van der Waals surface area contributed by atoms with Gasteiger partial charge < -0.3 is 9.31 Å². The average molecular weight is 113 g/mol. The van der Waals surface area contributed by atoms with Crippen LogP contribution in [0.15, 0.2) is 0 Å². The molecule has 2 fully saturated rings. The van der Waals surface area contributed by atoms with E-state index in [0.717, 1.165) is 26.3 Å². The number of hydrogen-bond acceptors (Lipinski definition) is 3. The van der Waals surface area contributed by atoms with Crippen LogP contribution < -0.4 is 0 Å². The molecule has 2 heterocycles. The quantitative estimate of drug-likeness (QED) is 0.389. The molecule has 0 aliphatic carbocycles. The Balaban J connectivity index is 2.04. The molecule has 2 aliphatic rings. The molecule has 0 radical (unpaired) electrons. The van der Waals surface area contributed by atoms with Crippen LogP contribution in [0.3, 0.4) is 0 Å². The summed E-state index contributed by atoms with van der Waals surface area (Å²) in [4.78, 5) is 2.19. The fourth-order valence-corrected chi connectivity index (χ4v) is 1.12. The van der Waals surface area contributed by atoms with Gasteiger partial charge >= 0.3 is 7.25 Å². The van der Waals surface area contributed by atoms with Crippen molar-refractivity contribution < 1.29 is 9.31 Å². The smallest absolute Gasteiger partial charge is 0.396 e. The van der Waals surface area contributed by atoms with Gasteiger partial charge in [-0.2, -0.15) is 0 Å². The maximum atomic E-state index is 5.18. The Labute approximate surface area is 48.7 Å². The van der Waals surface area contributed by atoms with Crippen molar-refractivity contribution in [3.8, 4) is 0 Å². The summed E-state index contributed by atoms with van der Waals surface area (Å²) < 4.78 is 10.4. The molecule has 0 atom stereocenters. The topological polar surface area (TPSA) is 21.7 Å². The lowest BCUT2D eigenvalue weighted by Crippen LogP contribution is -2.28. The van der Waals surface area contributed by atoms with E-state index < -0.39 is 0 Å². The summed E-state index contributed by atoms with van der Waals surface area (Å²) in [6, 6.07) is 0. The van der Waals surface area contributed by atoms with Gasteiger partial charge in [-0.1, -0.05) is 0 Å². The number of hydrogen-bond donors (Lipinski definition) is 0. The predicted molar refractivity (Wildman–Crippen MR) is 29.2 cm³/mol. The van der Waals surface area contributed by atoms with Crippen molar-refractivity contribution in [2.75, 3.05) is 26.3 Å². The first-order valence-corrected chi connectivity index (χ1v) is 2.94. The first-order valence-electron chi connectivity index (χ1n) is 2.94. The average Bonchev–Trinajstić information content (AvgIpc) is 2.15. The van der Waals surface area contributed by atoms with Gasteiger partial charge in [-0.15, -0.1) is 0 Å². The van der Waals surface area contributed by atoms with Crippen LogP contribution in [0.4, 0.5) is 0 Å². The van der Waals surface area contributed by atoms with Crippen molar-refractivity contribution in [1.29, 1.82) is 0 Å². The van der Waals surface area contributed by atoms with E-state index in [2.05, 4.69) is 4.81 Å².